The second kappa shape index (κ2) is 6.53. The SMILES string of the molecule is c1cnn(-c2cc(N3CC4CN(CCn5ccnc5)CC4C3)ncn2)c1. The molecular weight excluding hydrogens is 328 g/mol. The molecule has 0 N–H and O–H groups in total. The Hall–Kier alpha value is -2.74. The van der Waals surface area contributed by atoms with Gasteiger partial charge in [-0.25, -0.2) is 19.6 Å². The Morgan fingerprint density at radius 1 is 0.923 bits per heavy atom. The first-order valence-electron chi connectivity index (χ1n) is 9.10. The predicted molar refractivity (Wildman–Crippen MR) is 97.0 cm³/mol. The lowest BCUT2D eigenvalue weighted by Crippen LogP contribution is -2.31. The molecular formula is C18H22N8. The van der Waals surface area contributed by atoms with Crippen LogP contribution < -0.4 is 4.90 Å². The number of imidazole rings is 1. The van der Waals surface area contributed by atoms with Gasteiger partial charge in [-0.3, -0.25) is 0 Å². The van der Waals surface area contributed by atoms with Gasteiger partial charge in [0.2, 0.25) is 0 Å². The Morgan fingerprint density at radius 3 is 2.50 bits per heavy atom. The molecule has 0 aliphatic carbocycles. The van der Waals surface area contributed by atoms with E-state index in [1.807, 2.05) is 37.1 Å². The van der Waals surface area contributed by atoms with Crippen LogP contribution in [-0.2, 0) is 6.54 Å². The summed E-state index contributed by atoms with van der Waals surface area (Å²) in [6.07, 6.45) is 11.1. The number of likely N-dealkylation sites (tertiary alicyclic amines) is 1. The van der Waals surface area contributed by atoms with Crippen molar-refractivity contribution in [3.8, 4) is 5.82 Å². The van der Waals surface area contributed by atoms with Gasteiger partial charge < -0.3 is 14.4 Å². The minimum absolute atomic E-state index is 0.723. The molecule has 2 fully saturated rings. The predicted octanol–water partition coefficient (Wildman–Crippen LogP) is 0.927. The first kappa shape index (κ1) is 15.5. The van der Waals surface area contributed by atoms with Crippen LogP contribution in [-0.4, -0.2) is 66.9 Å². The third-order valence-electron chi connectivity index (χ3n) is 5.50. The molecule has 3 aromatic rings. The van der Waals surface area contributed by atoms with Gasteiger partial charge in [-0.2, -0.15) is 5.10 Å². The summed E-state index contributed by atoms with van der Waals surface area (Å²) in [5.74, 6) is 3.27. The van der Waals surface area contributed by atoms with E-state index in [2.05, 4.69) is 34.4 Å². The maximum absolute atomic E-state index is 4.50. The quantitative estimate of drug-likeness (QED) is 0.682. The van der Waals surface area contributed by atoms with Crippen LogP contribution in [0.4, 0.5) is 5.82 Å². The molecule has 0 aromatic carbocycles. The zero-order chi connectivity index (χ0) is 17.3. The number of hydrogen-bond donors (Lipinski definition) is 0. The highest BCUT2D eigenvalue weighted by Gasteiger charge is 2.40. The van der Waals surface area contributed by atoms with Gasteiger partial charge in [-0.05, 0) is 17.9 Å². The van der Waals surface area contributed by atoms with Gasteiger partial charge in [0.25, 0.3) is 0 Å². The van der Waals surface area contributed by atoms with Gasteiger partial charge in [-0.15, -0.1) is 0 Å². The molecule has 0 bridgehead atoms. The van der Waals surface area contributed by atoms with Crippen molar-refractivity contribution in [3.05, 3.63) is 49.6 Å². The van der Waals surface area contributed by atoms with Gasteiger partial charge in [-0.1, -0.05) is 0 Å². The van der Waals surface area contributed by atoms with Crippen molar-refractivity contribution < 1.29 is 0 Å². The first-order chi connectivity index (χ1) is 12.8. The molecule has 2 atom stereocenters. The average Bonchev–Trinajstić information content (AvgIpc) is 3.44. The third kappa shape index (κ3) is 2.96. The number of anilines is 1. The molecule has 134 valence electrons. The fourth-order valence-electron chi connectivity index (χ4n) is 4.18. The molecule has 0 amide bonds. The summed E-state index contributed by atoms with van der Waals surface area (Å²) < 4.78 is 3.93. The van der Waals surface area contributed by atoms with Crippen LogP contribution in [0.1, 0.15) is 0 Å². The number of fused-ring (bicyclic) bond motifs is 1. The topological polar surface area (TPSA) is 67.9 Å². The Morgan fingerprint density at radius 2 is 1.77 bits per heavy atom. The van der Waals surface area contributed by atoms with Gasteiger partial charge in [0.1, 0.15) is 12.1 Å². The molecule has 8 nitrogen and oxygen atoms in total. The monoisotopic (exact) mass is 350 g/mol. The number of aromatic nitrogens is 6. The van der Waals surface area contributed by atoms with E-state index >= 15 is 0 Å². The van der Waals surface area contributed by atoms with Crippen LogP contribution >= 0.6 is 0 Å². The van der Waals surface area contributed by atoms with Crippen LogP contribution in [0.3, 0.4) is 0 Å². The Balaban J connectivity index is 1.21. The largest absolute Gasteiger partial charge is 0.356 e. The van der Waals surface area contributed by atoms with Crippen LogP contribution in [0.5, 0.6) is 0 Å². The maximum atomic E-state index is 4.50. The molecule has 0 spiro atoms. The van der Waals surface area contributed by atoms with E-state index in [0.29, 0.717) is 0 Å². The van der Waals surface area contributed by atoms with Crippen molar-refractivity contribution in [3.63, 3.8) is 0 Å². The lowest BCUT2D eigenvalue weighted by molar-refractivity contribution is 0.302. The number of nitrogens with zero attached hydrogens (tertiary/aromatic N) is 8. The minimum atomic E-state index is 0.723. The van der Waals surface area contributed by atoms with Gasteiger partial charge in [0, 0.05) is 70.1 Å². The Kier molecular flexibility index (Phi) is 3.89. The standard InChI is InChI=1S/C18H22N8/c1-2-22-26(4-1)18-8-17(20-13-21-18)25-11-15-9-24(10-16(15)12-25)7-6-23-5-3-19-14-23/h1-5,8,13-16H,6-7,9-12H2. The number of hydrogen-bond acceptors (Lipinski definition) is 6. The zero-order valence-electron chi connectivity index (χ0n) is 14.6. The van der Waals surface area contributed by atoms with Crippen molar-refractivity contribution in [2.45, 2.75) is 6.54 Å². The van der Waals surface area contributed by atoms with E-state index in [4.69, 9.17) is 0 Å². The summed E-state index contributed by atoms with van der Waals surface area (Å²) in [6, 6.07) is 3.94. The summed E-state index contributed by atoms with van der Waals surface area (Å²) in [5.41, 5.74) is 0. The highest BCUT2D eigenvalue weighted by Crippen LogP contribution is 2.33. The molecule has 0 saturated carbocycles. The van der Waals surface area contributed by atoms with Crippen LogP contribution in [0.2, 0.25) is 0 Å². The van der Waals surface area contributed by atoms with E-state index in [1.54, 1.807) is 17.2 Å². The summed E-state index contributed by atoms with van der Waals surface area (Å²) >= 11 is 0. The zero-order valence-corrected chi connectivity index (χ0v) is 14.6. The molecule has 8 heteroatoms. The fourth-order valence-corrected chi connectivity index (χ4v) is 4.18. The van der Waals surface area contributed by atoms with E-state index in [9.17, 15) is 0 Å². The Bertz CT molecular complexity index is 830. The van der Waals surface area contributed by atoms with Gasteiger partial charge in [0.05, 0.1) is 6.33 Å². The molecule has 26 heavy (non-hydrogen) atoms. The van der Waals surface area contributed by atoms with E-state index in [1.165, 1.54) is 13.1 Å². The second-order valence-corrected chi connectivity index (χ2v) is 7.17. The van der Waals surface area contributed by atoms with Crippen molar-refractivity contribution in [1.82, 2.24) is 34.2 Å². The van der Waals surface area contributed by atoms with Crippen LogP contribution in [0.15, 0.2) is 49.6 Å². The smallest absolute Gasteiger partial charge is 0.158 e. The number of rotatable bonds is 5. The minimum Gasteiger partial charge on any atom is -0.356 e. The van der Waals surface area contributed by atoms with E-state index in [-0.39, 0.29) is 0 Å². The second-order valence-electron chi connectivity index (χ2n) is 7.17. The molecule has 2 unspecified atom stereocenters. The normalized spacial score (nSPS) is 22.8. The molecule has 2 saturated heterocycles. The lowest BCUT2D eigenvalue weighted by atomic mass is 10.0. The van der Waals surface area contributed by atoms with Gasteiger partial charge >= 0.3 is 0 Å². The highest BCUT2D eigenvalue weighted by molar-refractivity contribution is 5.44. The van der Waals surface area contributed by atoms with E-state index < -0.39 is 0 Å². The lowest BCUT2D eigenvalue weighted by Gasteiger charge is -2.22. The summed E-state index contributed by atoms with van der Waals surface area (Å²) in [6.45, 7) is 6.60. The molecule has 5 rings (SSSR count). The van der Waals surface area contributed by atoms with E-state index in [0.717, 1.165) is 49.7 Å². The van der Waals surface area contributed by atoms with Crippen molar-refractivity contribution in [1.29, 1.82) is 0 Å². The van der Waals surface area contributed by atoms with Crippen molar-refractivity contribution in [2.75, 3.05) is 37.6 Å². The summed E-state index contributed by atoms with van der Waals surface area (Å²) in [7, 11) is 0. The maximum Gasteiger partial charge on any atom is 0.158 e. The van der Waals surface area contributed by atoms with Crippen LogP contribution in [0.25, 0.3) is 5.82 Å². The average molecular weight is 350 g/mol. The van der Waals surface area contributed by atoms with Crippen molar-refractivity contribution in [2.24, 2.45) is 11.8 Å². The molecule has 2 aliphatic rings. The Labute approximate surface area is 152 Å². The highest BCUT2D eigenvalue weighted by atomic mass is 15.3. The van der Waals surface area contributed by atoms with Crippen LogP contribution in [0, 0.1) is 11.8 Å². The van der Waals surface area contributed by atoms with Gasteiger partial charge in [0.15, 0.2) is 5.82 Å². The molecule has 3 aromatic heterocycles. The third-order valence-corrected chi connectivity index (χ3v) is 5.50. The summed E-state index contributed by atoms with van der Waals surface area (Å²) in [5, 5.41) is 4.26. The first-order valence-corrected chi connectivity index (χ1v) is 9.10. The fraction of sp³-hybridized carbons (Fsp3) is 0.444. The molecule has 5 heterocycles. The molecule has 2 aliphatic heterocycles. The molecule has 0 radical (unpaired) electrons. The van der Waals surface area contributed by atoms with Crippen molar-refractivity contribution >= 4 is 5.82 Å². The summed E-state index contributed by atoms with van der Waals surface area (Å²) in [4.78, 5) is 17.9.